The van der Waals surface area contributed by atoms with Gasteiger partial charge in [-0.15, -0.1) is 0 Å². The molecule has 0 spiro atoms. The Labute approximate surface area is 45.5 Å². The first kappa shape index (κ1) is 8.99. The second-order valence-electron chi connectivity index (χ2n) is 0.312. The van der Waals surface area contributed by atoms with E-state index in [0.717, 1.165) is 0 Å². The minimum Gasteiger partial charge on any atom is -0.385 e. The van der Waals surface area contributed by atoms with E-state index in [2.05, 4.69) is 5.32 Å². The van der Waals surface area contributed by atoms with Crippen LogP contribution in [-0.2, 0) is 16.5 Å². The van der Waals surface area contributed by atoms with Gasteiger partial charge in [-0.05, 0) is 0 Å². The van der Waals surface area contributed by atoms with E-state index in [1.54, 1.807) is 0 Å². The molecule has 0 aromatic rings. The Bertz CT molecular complexity index is 73.9. The molecule has 0 saturated carbocycles. The van der Waals surface area contributed by atoms with Crippen LogP contribution >= 0.6 is 0 Å². The zero-order valence-corrected chi connectivity index (χ0v) is 3.65. The van der Waals surface area contributed by atoms with Crippen LogP contribution in [0, 0.1) is 22.9 Å². The molecule has 0 radical (unpaired) electrons. The molecule has 0 N–H and O–H groups in total. The van der Waals surface area contributed by atoms with Gasteiger partial charge in [0.1, 0.15) is 0 Å². The van der Waals surface area contributed by atoms with Crippen molar-refractivity contribution in [2.75, 3.05) is 0 Å². The van der Waals surface area contributed by atoms with E-state index in [0.29, 0.717) is 0 Å². The normalized spacial score (nSPS) is 3.00. The molecule has 0 saturated heterocycles. The van der Waals surface area contributed by atoms with Crippen molar-refractivity contribution in [3.63, 3.8) is 0 Å². The summed E-state index contributed by atoms with van der Waals surface area (Å²) in [6, 6.07) is 0. The van der Waals surface area contributed by atoms with Gasteiger partial charge in [0.25, 0.3) is 0 Å². The number of hydrogen-bond donors (Lipinski definition) is 0. The van der Waals surface area contributed by atoms with Crippen molar-refractivity contribution in [2.45, 2.75) is 0 Å². The smallest absolute Gasteiger partial charge is 0.0155 e. The van der Waals surface area contributed by atoms with Crippen molar-refractivity contribution in [2.24, 2.45) is 0 Å². The first-order chi connectivity index (χ1) is 2.41. The Balaban J connectivity index is 0. The van der Waals surface area contributed by atoms with Gasteiger partial charge in [-0.1, -0.05) is 0 Å². The van der Waals surface area contributed by atoms with Crippen molar-refractivity contribution in [3.05, 3.63) is 5.32 Å². The Kier molecular flexibility index (Phi) is 13.3. The standard InChI is InChI=1S/C2N3.Ni/c3-1-5-2-4;/q-1;. The van der Waals surface area contributed by atoms with E-state index in [9.17, 15) is 0 Å². The molecule has 0 aliphatic heterocycles. The van der Waals surface area contributed by atoms with Gasteiger partial charge < -0.3 is 10.5 Å². The summed E-state index contributed by atoms with van der Waals surface area (Å²) in [5.74, 6) is 0. The number of nitrogens with zero attached hydrogens (tertiary/aromatic N) is 3. The molecule has 0 aliphatic carbocycles. The minimum absolute atomic E-state index is 0. The maximum atomic E-state index is 7.43. The molecular weight excluding hydrogens is 125 g/mol. The van der Waals surface area contributed by atoms with Crippen LogP contribution in [0.5, 0.6) is 0 Å². The molecule has 0 unspecified atom stereocenters. The Morgan fingerprint density at radius 1 is 1.17 bits per heavy atom. The minimum atomic E-state index is 0. The van der Waals surface area contributed by atoms with Gasteiger partial charge in [0.2, 0.25) is 0 Å². The summed E-state index contributed by atoms with van der Waals surface area (Å²) in [7, 11) is 0. The van der Waals surface area contributed by atoms with E-state index in [4.69, 9.17) is 10.5 Å². The monoisotopic (exact) mass is 124 g/mol. The number of hydrogen-bond acceptors (Lipinski definition) is 2. The van der Waals surface area contributed by atoms with Gasteiger partial charge in [0, 0.05) is 28.9 Å². The van der Waals surface area contributed by atoms with Gasteiger partial charge in [-0.25, -0.2) is 0 Å². The quantitative estimate of drug-likeness (QED) is 0.345. The summed E-state index contributed by atoms with van der Waals surface area (Å²) in [4.78, 5) is 0. The fourth-order valence-corrected chi connectivity index (χ4v) is 0.0224. The SMILES string of the molecule is N#C[N-]C#N.[Ni]. The van der Waals surface area contributed by atoms with E-state index < -0.39 is 0 Å². The second-order valence-corrected chi connectivity index (χ2v) is 0.312. The third-order valence-corrected chi connectivity index (χ3v) is 0.100. The summed E-state index contributed by atoms with van der Waals surface area (Å²) >= 11 is 0. The molecule has 6 heavy (non-hydrogen) atoms. The number of rotatable bonds is 0. The topological polar surface area (TPSA) is 61.7 Å². The summed E-state index contributed by atoms with van der Waals surface area (Å²) in [6.45, 7) is 0. The van der Waals surface area contributed by atoms with Gasteiger partial charge in [0.15, 0.2) is 0 Å². The van der Waals surface area contributed by atoms with Crippen LogP contribution in [0.15, 0.2) is 0 Å². The molecule has 0 atom stereocenters. The molecular formula is C2N3Ni-. The summed E-state index contributed by atoms with van der Waals surface area (Å²) in [5, 5.41) is 17.4. The van der Waals surface area contributed by atoms with Crippen LogP contribution < -0.4 is 0 Å². The fraction of sp³-hybridized carbons (Fsp3) is 0. The van der Waals surface area contributed by atoms with Crippen LogP contribution in [0.4, 0.5) is 0 Å². The summed E-state index contributed by atoms with van der Waals surface area (Å²) in [5.41, 5.74) is 0. The van der Waals surface area contributed by atoms with Crippen LogP contribution in [0.3, 0.4) is 0 Å². The first-order valence-electron chi connectivity index (χ1n) is 0.894. The Morgan fingerprint density at radius 3 is 1.50 bits per heavy atom. The van der Waals surface area contributed by atoms with Crippen LogP contribution in [-0.4, -0.2) is 0 Å². The van der Waals surface area contributed by atoms with E-state index in [1.807, 2.05) is 0 Å². The Hall–Kier alpha value is -0.726. The van der Waals surface area contributed by atoms with Gasteiger partial charge in [-0.3, -0.25) is 5.32 Å². The molecule has 3 nitrogen and oxygen atoms in total. The molecule has 34 valence electrons. The molecule has 0 aromatic carbocycles. The molecule has 0 rings (SSSR count). The maximum absolute atomic E-state index is 7.43. The molecule has 0 bridgehead atoms. The fourth-order valence-electron chi connectivity index (χ4n) is 0.0224. The molecule has 0 fully saturated rings. The molecule has 0 aliphatic rings. The van der Waals surface area contributed by atoms with Crippen molar-refractivity contribution in [1.82, 2.24) is 0 Å². The summed E-state index contributed by atoms with van der Waals surface area (Å²) < 4.78 is 0. The van der Waals surface area contributed by atoms with Crippen molar-refractivity contribution in [1.29, 1.82) is 10.5 Å². The zero-order chi connectivity index (χ0) is 4.12. The van der Waals surface area contributed by atoms with Crippen LogP contribution in [0.1, 0.15) is 0 Å². The largest absolute Gasteiger partial charge is 0.385 e. The molecule has 0 aromatic heterocycles. The second kappa shape index (κ2) is 8.86. The maximum Gasteiger partial charge on any atom is 0.0155 e. The average molecular weight is 125 g/mol. The van der Waals surface area contributed by atoms with Crippen molar-refractivity contribution < 1.29 is 16.5 Å². The average Bonchev–Trinajstić information content (AvgIpc) is 1.41. The van der Waals surface area contributed by atoms with Crippen LogP contribution in [0.25, 0.3) is 5.32 Å². The van der Waals surface area contributed by atoms with Crippen molar-refractivity contribution in [3.8, 4) is 12.4 Å². The predicted octanol–water partition coefficient (Wildman–Crippen LogP) is 0.320. The number of nitriles is 2. The predicted molar refractivity (Wildman–Crippen MR) is 14.6 cm³/mol. The molecule has 0 heterocycles. The first-order valence-corrected chi connectivity index (χ1v) is 0.894. The van der Waals surface area contributed by atoms with E-state index in [-0.39, 0.29) is 16.5 Å². The zero-order valence-electron chi connectivity index (χ0n) is 2.66. The van der Waals surface area contributed by atoms with E-state index >= 15 is 0 Å². The van der Waals surface area contributed by atoms with Crippen molar-refractivity contribution >= 4 is 0 Å². The third kappa shape index (κ3) is 10.4. The Morgan fingerprint density at radius 2 is 1.50 bits per heavy atom. The molecule has 0 amide bonds. The van der Waals surface area contributed by atoms with Crippen LogP contribution in [0.2, 0.25) is 0 Å². The van der Waals surface area contributed by atoms with Gasteiger partial charge in [0.05, 0.1) is 0 Å². The third-order valence-electron chi connectivity index (χ3n) is 0.100. The van der Waals surface area contributed by atoms with E-state index in [1.165, 1.54) is 12.4 Å². The van der Waals surface area contributed by atoms with Gasteiger partial charge in [-0.2, -0.15) is 0 Å². The molecule has 4 heteroatoms. The van der Waals surface area contributed by atoms with Gasteiger partial charge >= 0.3 is 0 Å². The summed E-state index contributed by atoms with van der Waals surface area (Å²) in [6.07, 6.45) is 2.56.